The third-order valence-electron chi connectivity index (χ3n) is 4.11. The van der Waals surface area contributed by atoms with Crippen molar-refractivity contribution in [1.29, 1.82) is 0 Å². The number of amides is 1. The first-order valence-corrected chi connectivity index (χ1v) is 8.16. The molecule has 1 aliphatic rings. The van der Waals surface area contributed by atoms with Crippen LogP contribution in [0, 0.1) is 0 Å². The Morgan fingerprint density at radius 2 is 2.00 bits per heavy atom. The van der Waals surface area contributed by atoms with Crippen molar-refractivity contribution in [2.45, 2.75) is 44.2 Å². The fourth-order valence-corrected chi connectivity index (χ4v) is 3.86. The van der Waals surface area contributed by atoms with E-state index < -0.39 is 0 Å². The number of carbonyl (C=O) groups is 1. The zero-order chi connectivity index (χ0) is 13.9. The zero-order valence-electron chi connectivity index (χ0n) is 11.5. The summed E-state index contributed by atoms with van der Waals surface area (Å²) in [6.07, 6.45) is 5.56. The van der Waals surface area contributed by atoms with Crippen LogP contribution in [0.15, 0.2) is 29.6 Å². The Balaban J connectivity index is 1.78. The Hall–Kier alpha value is -1.39. The SMILES string of the molecule is NC1CCCCCC1NC(=O)c1csc2ccccc12. The van der Waals surface area contributed by atoms with E-state index in [1.54, 1.807) is 11.3 Å². The van der Waals surface area contributed by atoms with E-state index in [1.165, 1.54) is 12.8 Å². The minimum absolute atomic E-state index is 0.0183. The Morgan fingerprint density at radius 1 is 1.20 bits per heavy atom. The van der Waals surface area contributed by atoms with Crippen molar-refractivity contribution in [1.82, 2.24) is 5.32 Å². The van der Waals surface area contributed by atoms with E-state index in [-0.39, 0.29) is 18.0 Å². The van der Waals surface area contributed by atoms with Crippen LogP contribution in [-0.2, 0) is 0 Å². The number of rotatable bonds is 2. The lowest BCUT2D eigenvalue weighted by Crippen LogP contribution is -2.46. The Kier molecular flexibility index (Phi) is 4.03. The molecule has 2 unspecified atom stereocenters. The van der Waals surface area contributed by atoms with Crippen LogP contribution in [0.2, 0.25) is 0 Å². The molecule has 0 aliphatic heterocycles. The highest BCUT2D eigenvalue weighted by atomic mass is 32.1. The van der Waals surface area contributed by atoms with Crippen LogP contribution in [0.1, 0.15) is 42.5 Å². The average Bonchev–Trinajstić information content (AvgIpc) is 2.79. The highest BCUT2D eigenvalue weighted by Gasteiger charge is 2.23. The third kappa shape index (κ3) is 2.72. The molecule has 1 heterocycles. The molecule has 1 fully saturated rings. The van der Waals surface area contributed by atoms with Crippen molar-refractivity contribution < 1.29 is 4.79 Å². The van der Waals surface area contributed by atoms with Gasteiger partial charge in [0.2, 0.25) is 0 Å². The van der Waals surface area contributed by atoms with Crippen molar-refractivity contribution in [3.8, 4) is 0 Å². The number of benzene rings is 1. The molecule has 20 heavy (non-hydrogen) atoms. The van der Waals surface area contributed by atoms with Gasteiger partial charge in [-0.1, -0.05) is 37.5 Å². The number of fused-ring (bicyclic) bond motifs is 1. The molecule has 0 saturated heterocycles. The average molecular weight is 288 g/mol. The minimum atomic E-state index is 0.0183. The maximum absolute atomic E-state index is 12.5. The third-order valence-corrected chi connectivity index (χ3v) is 5.07. The van der Waals surface area contributed by atoms with Crippen LogP contribution >= 0.6 is 11.3 Å². The van der Waals surface area contributed by atoms with E-state index in [9.17, 15) is 4.79 Å². The molecule has 2 aromatic rings. The summed E-state index contributed by atoms with van der Waals surface area (Å²) in [7, 11) is 0. The number of carbonyl (C=O) groups excluding carboxylic acids is 1. The Morgan fingerprint density at radius 3 is 2.90 bits per heavy atom. The highest BCUT2D eigenvalue weighted by molar-refractivity contribution is 7.17. The summed E-state index contributed by atoms with van der Waals surface area (Å²) in [5.74, 6) is 0.0183. The predicted molar refractivity (Wildman–Crippen MR) is 84.1 cm³/mol. The van der Waals surface area contributed by atoms with Crippen molar-refractivity contribution >= 4 is 27.3 Å². The normalized spacial score (nSPS) is 23.4. The molecule has 3 rings (SSSR count). The van der Waals surface area contributed by atoms with E-state index in [4.69, 9.17) is 5.73 Å². The first-order valence-electron chi connectivity index (χ1n) is 7.28. The molecule has 1 aromatic heterocycles. The largest absolute Gasteiger partial charge is 0.348 e. The summed E-state index contributed by atoms with van der Waals surface area (Å²) in [6.45, 7) is 0. The molecule has 4 heteroatoms. The topological polar surface area (TPSA) is 55.1 Å². The number of nitrogens with two attached hydrogens (primary N) is 1. The molecule has 1 aromatic carbocycles. The summed E-state index contributed by atoms with van der Waals surface area (Å²) in [5, 5.41) is 6.13. The van der Waals surface area contributed by atoms with E-state index >= 15 is 0 Å². The van der Waals surface area contributed by atoms with Gasteiger partial charge in [0, 0.05) is 27.5 Å². The van der Waals surface area contributed by atoms with Gasteiger partial charge in [-0.05, 0) is 18.9 Å². The van der Waals surface area contributed by atoms with E-state index in [0.717, 1.165) is 34.9 Å². The van der Waals surface area contributed by atoms with Gasteiger partial charge in [0.25, 0.3) is 5.91 Å². The van der Waals surface area contributed by atoms with Crippen LogP contribution in [0.5, 0.6) is 0 Å². The van der Waals surface area contributed by atoms with Crippen molar-refractivity contribution in [2.24, 2.45) is 5.73 Å². The number of hydrogen-bond acceptors (Lipinski definition) is 3. The lowest BCUT2D eigenvalue weighted by Gasteiger charge is -2.22. The van der Waals surface area contributed by atoms with Crippen LogP contribution in [0.25, 0.3) is 10.1 Å². The lowest BCUT2D eigenvalue weighted by molar-refractivity contribution is 0.0931. The van der Waals surface area contributed by atoms with E-state index in [0.29, 0.717) is 0 Å². The molecule has 1 amide bonds. The van der Waals surface area contributed by atoms with Crippen LogP contribution in [0.4, 0.5) is 0 Å². The summed E-state index contributed by atoms with van der Waals surface area (Å²) < 4.78 is 1.16. The second kappa shape index (κ2) is 5.94. The highest BCUT2D eigenvalue weighted by Crippen LogP contribution is 2.26. The summed E-state index contributed by atoms with van der Waals surface area (Å²) in [6, 6.07) is 8.24. The second-order valence-corrected chi connectivity index (χ2v) is 6.44. The standard InChI is InChI=1S/C16H20N2OS/c17-13-7-2-1-3-8-14(13)18-16(19)12-10-20-15-9-5-4-6-11(12)15/h4-6,9-10,13-14H,1-3,7-8,17H2,(H,18,19). The quantitative estimate of drug-likeness (QED) is 0.833. The first-order chi connectivity index (χ1) is 9.75. The molecule has 0 spiro atoms. The van der Waals surface area contributed by atoms with Gasteiger partial charge < -0.3 is 11.1 Å². The number of nitrogens with one attached hydrogen (secondary N) is 1. The van der Waals surface area contributed by atoms with E-state index in [1.807, 2.05) is 29.6 Å². The maximum Gasteiger partial charge on any atom is 0.253 e. The van der Waals surface area contributed by atoms with Gasteiger partial charge in [-0.2, -0.15) is 0 Å². The monoisotopic (exact) mass is 288 g/mol. The molecule has 0 radical (unpaired) electrons. The van der Waals surface area contributed by atoms with Crippen molar-refractivity contribution in [3.05, 3.63) is 35.2 Å². The van der Waals surface area contributed by atoms with Crippen molar-refractivity contribution in [3.63, 3.8) is 0 Å². The molecule has 106 valence electrons. The molecular formula is C16H20N2OS. The molecule has 3 nitrogen and oxygen atoms in total. The lowest BCUT2D eigenvalue weighted by atomic mass is 10.0. The van der Waals surface area contributed by atoms with Crippen LogP contribution < -0.4 is 11.1 Å². The molecule has 0 bridgehead atoms. The van der Waals surface area contributed by atoms with Crippen molar-refractivity contribution in [2.75, 3.05) is 0 Å². The fraction of sp³-hybridized carbons (Fsp3) is 0.438. The van der Waals surface area contributed by atoms with Gasteiger partial charge in [-0.15, -0.1) is 11.3 Å². The number of thiophene rings is 1. The summed E-state index contributed by atoms with van der Waals surface area (Å²) in [4.78, 5) is 12.5. The Labute approximate surface area is 123 Å². The van der Waals surface area contributed by atoms with Gasteiger partial charge in [0.1, 0.15) is 0 Å². The fourth-order valence-electron chi connectivity index (χ4n) is 2.92. The number of hydrogen-bond donors (Lipinski definition) is 2. The molecule has 1 aliphatic carbocycles. The molecule has 2 atom stereocenters. The van der Waals surface area contributed by atoms with E-state index in [2.05, 4.69) is 5.32 Å². The zero-order valence-corrected chi connectivity index (χ0v) is 12.3. The molecule has 1 saturated carbocycles. The summed E-state index contributed by atoms with van der Waals surface area (Å²) in [5.41, 5.74) is 6.96. The van der Waals surface area contributed by atoms with Crippen LogP contribution in [-0.4, -0.2) is 18.0 Å². The molecular weight excluding hydrogens is 268 g/mol. The first kappa shape index (κ1) is 13.6. The minimum Gasteiger partial charge on any atom is -0.348 e. The smallest absolute Gasteiger partial charge is 0.253 e. The van der Waals surface area contributed by atoms with Gasteiger partial charge >= 0.3 is 0 Å². The maximum atomic E-state index is 12.5. The summed E-state index contributed by atoms with van der Waals surface area (Å²) >= 11 is 1.62. The Bertz CT molecular complexity index is 607. The second-order valence-electron chi connectivity index (χ2n) is 5.53. The van der Waals surface area contributed by atoms with Crippen LogP contribution in [0.3, 0.4) is 0 Å². The predicted octanol–water partition coefficient (Wildman–Crippen LogP) is 3.29. The van der Waals surface area contributed by atoms with Gasteiger partial charge in [-0.25, -0.2) is 0 Å². The van der Waals surface area contributed by atoms with Gasteiger partial charge in [0.15, 0.2) is 0 Å². The van der Waals surface area contributed by atoms with Gasteiger partial charge in [0.05, 0.1) is 5.56 Å². The molecule has 3 N–H and O–H groups in total. The van der Waals surface area contributed by atoms with Gasteiger partial charge in [-0.3, -0.25) is 4.79 Å².